The lowest BCUT2D eigenvalue weighted by Gasteiger charge is -2.26. The van der Waals surface area contributed by atoms with Gasteiger partial charge in [-0.15, -0.1) is 0 Å². The molecule has 0 fully saturated rings. The molecule has 0 saturated heterocycles. The van der Waals surface area contributed by atoms with Gasteiger partial charge in [-0.05, 0) is 108 Å². The van der Waals surface area contributed by atoms with E-state index in [1.54, 1.807) is 0 Å². The lowest BCUT2D eigenvalue weighted by atomic mass is 9.89. The maximum Gasteiger partial charge on any atom is 0.135 e. The van der Waals surface area contributed by atoms with E-state index in [-0.39, 0.29) is 0 Å². The second kappa shape index (κ2) is 17.1. The molecule has 6 heterocycles. The van der Waals surface area contributed by atoms with E-state index in [9.17, 15) is 0 Å². The summed E-state index contributed by atoms with van der Waals surface area (Å²) in [5.74, 6) is 0. The molecule has 6 nitrogen and oxygen atoms in total. The number of rotatable bonds is 8. The zero-order chi connectivity index (χ0) is 54.7. The number of nitrogens with zero attached hydrogens (tertiary/aromatic N) is 4. The number of para-hydroxylation sites is 6. The minimum Gasteiger partial charge on any atom is -0.456 e. The lowest BCUT2D eigenvalue weighted by Crippen LogP contribution is -2.10. The van der Waals surface area contributed by atoms with Crippen molar-refractivity contribution in [3.63, 3.8) is 0 Å². The van der Waals surface area contributed by atoms with Gasteiger partial charge in [-0.1, -0.05) is 182 Å². The molecule has 0 aliphatic heterocycles. The van der Waals surface area contributed by atoms with Crippen molar-refractivity contribution in [2.45, 2.75) is 0 Å². The van der Waals surface area contributed by atoms with Crippen molar-refractivity contribution >= 4 is 154 Å². The first-order valence-corrected chi connectivity index (χ1v) is 28.7. The van der Waals surface area contributed by atoms with Crippen molar-refractivity contribution in [3.05, 3.63) is 279 Å². The van der Waals surface area contributed by atoms with Gasteiger partial charge in [-0.2, -0.15) is 0 Å². The first-order chi connectivity index (χ1) is 41.7. The van der Waals surface area contributed by atoms with E-state index < -0.39 is 0 Å². The Morgan fingerprint density at radius 3 is 1.01 bits per heavy atom. The predicted molar refractivity (Wildman–Crippen MR) is 351 cm³/mol. The number of benzene rings is 13. The minimum absolute atomic E-state index is 0.871. The van der Waals surface area contributed by atoms with Gasteiger partial charge in [0.15, 0.2) is 0 Å². The summed E-state index contributed by atoms with van der Waals surface area (Å²) in [6, 6.07) is 102. The highest BCUT2D eigenvalue weighted by Gasteiger charge is 2.33. The van der Waals surface area contributed by atoms with Gasteiger partial charge < -0.3 is 27.4 Å². The van der Waals surface area contributed by atoms with E-state index in [2.05, 4.69) is 286 Å². The molecule has 0 amide bonds. The van der Waals surface area contributed by atoms with Crippen LogP contribution in [0, 0.1) is 0 Å². The van der Waals surface area contributed by atoms with Crippen LogP contribution in [0.2, 0.25) is 0 Å². The van der Waals surface area contributed by atoms with E-state index in [1.165, 1.54) is 87.4 Å². The molecule has 6 heteroatoms. The van der Waals surface area contributed by atoms with Crippen molar-refractivity contribution in [1.29, 1.82) is 0 Å². The molecule has 0 aliphatic carbocycles. The molecule has 0 spiro atoms. The van der Waals surface area contributed by atoms with Crippen LogP contribution in [-0.2, 0) is 0 Å². The van der Waals surface area contributed by atoms with Gasteiger partial charge in [-0.3, -0.25) is 0 Å². The van der Waals surface area contributed by atoms with E-state index in [0.29, 0.717) is 0 Å². The maximum atomic E-state index is 6.40. The average molecular weight is 1070 g/mol. The smallest absolute Gasteiger partial charge is 0.135 e. The van der Waals surface area contributed by atoms with Gasteiger partial charge >= 0.3 is 0 Å². The van der Waals surface area contributed by atoms with Crippen LogP contribution in [0.4, 0.5) is 34.1 Å². The van der Waals surface area contributed by atoms with Gasteiger partial charge in [0.25, 0.3) is 0 Å². The molecule has 19 rings (SSSR count). The summed E-state index contributed by atoms with van der Waals surface area (Å²) in [5.41, 5.74) is 21.8. The quantitative estimate of drug-likeness (QED) is 0.152. The standard InChI is InChI=1S/C78H46N4O2/c1-5-21-47(22-6-1)69-73-57-33-17-31-55-72-62(80(50-27-11-4-12-28-50)52-42-44-68-60(46-52)54-30-14-16-40-66(54)84-68)36-20-38-64(72)82(75(55)57)78(73)70(48-23-7-2-8-24-48)74-58-34-18-32-56-71-61(35-19-37-63(71)81(76(56)58)77(69)74)79(49-25-9-3-10-26-49)51-41-43-67-59(45-51)53-29-13-15-39-65(53)83-67/h1-46H. The average Bonchev–Trinajstić information content (AvgIpc) is 1.60. The van der Waals surface area contributed by atoms with Crippen molar-refractivity contribution < 1.29 is 8.83 Å². The highest BCUT2D eigenvalue weighted by Crippen LogP contribution is 2.56. The summed E-state index contributed by atoms with van der Waals surface area (Å²) < 4.78 is 18.0. The third kappa shape index (κ3) is 6.12. The summed E-state index contributed by atoms with van der Waals surface area (Å²) in [7, 11) is 0. The number of hydrogen-bond donors (Lipinski definition) is 0. The Morgan fingerprint density at radius 2 is 0.583 bits per heavy atom. The van der Waals surface area contributed by atoms with Crippen LogP contribution in [0.25, 0.3) is 142 Å². The molecule has 0 atom stereocenters. The molecular formula is C78H46N4O2. The molecule has 19 aromatic rings. The molecule has 0 radical (unpaired) electrons. The zero-order valence-electron chi connectivity index (χ0n) is 45.2. The molecule has 84 heavy (non-hydrogen) atoms. The first-order valence-electron chi connectivity index (χ1n) is 28.7. The Balaban J connectivity index is 0.950. The molecule has 6 aromatic heterocycles. The monoisotopic (exact) mass is 1070 g/mol. The van der Waals surface area contributed by atoms with Crippen LogP contribution in [-0.4, -0.2) is 8.80 Å². The lowest BCUT2D eigenvalue weighted by molar-refractivity contribution is 0.668. The van der Waals surface area contributed by atoms with E-state index in [0.717, 1.165) is 89.0 Å². The van der Waals surface area contributed by atoms with Crippen LogP contribution in [0.3, 0.4) is 0 Å². The fraction of sp³-hybridized carbons (Fsp3) is 0. The number of anilines is 6. The van der Waals surface area contributed by atoms with Gasteiger partial charge in [-0.25, -0.2) is 0 Å². The Hall–Kier alpha value is -11.3. The number of furan rings is 2. The summed E-state index contributed by atoms with van der Waals surface area (Å²) in [6.07, 6.45) is 0. The van der Waals surface area contributed by atoms with E-state index in [4.69, 9.17) is 8.83 Å². The molecule has 0 aliphatic rings. The SMILES string of the molecule is c1ccc(-c2c3c4cccc5c6c(N(c7ccccc7)c7ccc8oc9ccccc9c8c7)cccc6n(c3c(-c3ccccc3)c3c6cccc7c8c(N(c9ccccc9)c9ccc%10oc%11ccccc%11c%10c9)cccc8n(c23)c76)c54)cc1. The Kier molecular flexibility index (Phi) is 9.24. The van der Waals surface area contributed by atoms with Gasteiger partial charge in [0.2, 0.25) is 0 Å². The second-order valence-electron chi connectivity index (χ2n) is 22.2. The summed E-state index contributed by atoms with van der Waals surface area (Å²) in [5, 5.41) is 14.0. The molecule has 0 bridgehead atoms. The van der Waals surface area contributed by atoms with Crippen molar-refractivity contribution in [1.82, 2.24) is 8.80 Å². The van der Waals surface area contributed by atoms with Crippen molar-refractivity contribution in [3.8, 4) is 22.3 Å². The van der Waals surface area contributed by atoms with Crippen LogP contribution in [0.15, 0.2) is 288 Å². The highest BCUT2D eigenvalue weighted by molar-refractivity contribution is 6.39. The summed E-state index contributed by atoms with van der Waals surface area (Å²) in [6.45, 7) is 0. The normalized spacial score (nSPS) is 12.3. The van der Waals surface area contributed by atoms with Crippen LogP contribution in [0.5, 0.6) is 0 Å². The molecule has 0 N–H and O–H groups in total. The zero-order valence-corrected chi connectivity index (χ0v) is 45.2. The summed E-state index contributed by atoms with van der Waals surface area (Å²) in [4.78, 5) is 4.87. The number of fused-ring (bicyclic) bond motifs is 18. The Labute approximate surface area is 480 Å². The maximum absolute atomic E-state index is 6.40. The van der Waals surface area contributed by atoms with Crippen LogP contribution < -0.4 is 9.80 Å². The number of aromatic nitrogens is 2. The van der Waals surface area contributed by atoms with Crippen LogP contribution in [0.1, 0.15) is 0 Å². The molecule has 13 aromatic carbocycles. The van der Waals surface area contributed by atoms with E-state index in [1.807, 2.05) is 12.1 Å². The third-order valence-electron chi connectivity index (χ3n) is 17.9. The second-order valence-corrected chi connectivity index (χ2v) is 22.2. The molecular weight excluding hydrogens is 1020 g/mol. The topological polar surface area (TPSA) is 41.6 Å². The van der Waals surface area contributed by atoms with Gasteiger partial charge in [0.1, 0.15) is 22.3 Å². The Bertz CT molecular complexity index is 5490. The summed E-state index contributed by atoms with van der Waals surface area (Å²) >= 11 is 0. The highest BCUT2D eigenvalue weighted by atomic mass is 16.3. The van der Waals surface area contributed by atoms with Gasteiger partial charge in [0, 0.05) is 98.5 Å². The molecule has 0 unspecified atom stereocenters. The largest absolute Gasteiger partial charge is 0.456 e. The van der Waals surface area contributed by atoms with Crippen molar-refractivity contribution in [2.24, 2.45) is 0 Å². The van der Waals surface area contributed by atoms with E-state index >= 15 is 0 Å². The molecule has 0 saturated carbocycles. The fourth-order valence-electron chi connectivity index (χ4n) is 14.6. The fourth-order valence-corrected chi connectivity index (χ4v) is 14.6. The molecule has 390 valence electrons. The van der Waals surface area contributed by atoms with Crippen LogP contribution >= 0.6 is 0 Å². The Morgan fingerprint density at radius 1 is 0.238 bits per heavy atom. The number of hydrogen-bond acceptors (Lipinski definition) is 4. The van der Waals surface area contributed by atoms with Crippen molar-refractivity contribution in [2.75, 3.05) is 9.80 Å². The third-order valence-corrected chi connectivity index (χ3v) is 17.9. The minimum atomic E-state index is 0.871. The first kappa shape index (κ1) is 45.4. The predicted octanol–water partition coefficient (Wildman–Crippen LogP) is 22.1. The van der Waals surface area contributed by atoms with Gasteiger partial charge in [0.05, 0.1) is 44.5 Å².